The highest BCUT2D eigenvalue weighted by atomic mass is 32.2. The van der Waals surface area contributed by atoms with Gasteiger partial charge in [0, 0.05) is 7.05 Å². The maximum Gasteiger partial charge on any atom is 0.287 e. The van der Waals surface area contributed by atoms with Crippen LogP contribution in [0.15, 0.2) is 63.5 Å². The van der Waals surface area contributed by atoms with Crippen molar-refractivity contribution in [1.29, 1.82) is 0 Å². The molecule has 0 unspecified atom stereocenters. The molecule has 26 heavy (non-hydrogen) atoms. The van der Waals surface area contributed by atoms with Crippen LogP contribution in [0.2, 0.25) is 0 Å². The van der Waals surface area contributed by atoms with Gasteiger partial charge in [-0.25, -0.2) is 0 Å². The monoisotopic (exact) mass is 367 g/mol. The molecule has 2 aromatic carbocycles. The summed E-state index contributed by atoms with van der Waals surface area (Å²) in [6.07, 6.45) is 3.31. The number of methoxy groups -OCH3 is 1. The summed E-state index contributed by atoms with van der Waals surface area (Å²) in [5.41, 5.74) is 1.57. The van der Waals surface area contributed by atoms with Crippen LogP contribution < -0.4 is 4.74 Å². The number of nitrogens with zero attached hydrogens (tertiary/aromatic N) is 3. The molecule has 1 fully saturated rings. The first-order valence-electron chi connectivity index (χ1n) is 7.79. The Hall–Kier alpha value is -3.06. The lowest BCUT2D eigenvalue weighted by Gasteiger charge is -2.07. The number of hydrogen-bond acceptors (Lipinski definition) is 6. The molecule has 1 N–H and O–H groups in total. The van der Waals surface area contributed by atoms with Crippen LogP contribution in [0.1, 0.15) is 11.1 Å². The van der Waals surface area contributed by atoms with E-state index in [4.69, 9.17) is 4.74 Å². The van der Waals surface area contributed by atoms with E-state index >= 15 is 0 Å². The average Bonchev–Trinajstić information content (AvgIpc) is 2.96. The molecule has 0 bridgehead atoms. The van der Waals surface area contributed by atoms with E-state index < -0.39 is 0 Å². The lowest BCUT2D eigenvalue weighted by Crippen LogP contribution is -2.23. The number of amides is 1. The van der Waals surface area contributed by atoms with Crippen molar-refractivity contribution < 1.29 is 14.6 Å². The SMILES string of the molecule is CN=C1SC(=Cc2ccc(OC)c(O)c2)C(=O)N1N=Cc1ccccc1. The van der Waals surface area contributed by atoms with Crippen molar-refractivity contribution >= 4 is 35.1 Å². The van der Waals surface area contributed by atoms with Crippen molar-refractivity contribution in [2.75, 3.05) is 14.2 Å². The van der Waals surface area contributed by atoms with Crippen molar-refractivity contribution in [3.63, 3.8) is 0 Å². The highest BCUT2D eigenvalue weighted by Crippen LogP contribution is 2.34. The van der Waals surface area contributed by atoms with Gasteiger partial charge in [-0.2, -0.15) is 10.1 Å². The second kappa shape index (κ2) is 7.88. The van der Waals surface area contributed by atoms with E-state index in [9.17, 15) is 9.90 Å². The Kier molecular flexibility index (Phi) is 5.38. The largest absolute Gasteiger partial charge is 0.504 e. The van der Waals surface area contributed by atoms with Crippen molar-refractivity contribution in [3.05, 3.63) is 64.6 Å². The molecule has 0 spiro atoms. The molecule has 1 aliphatic heterocycles. The average molecular weight is 367 g/mol. The number of thioether (sulfide) groups is 1. The maximum absolute atomic E-state index is 12.7. The van der Waals surface area contributed by atoms with Crippen molar-refractivity contribution in [2.45, 2.75) is 0 Å². The normalized spacial score (nSPS) is 17.6. The van der Waals surface area contributed by atoms with Gasteiger partial charge >= 0.3 is 0 Å². The van der Waals surface area contributed by atoms with E-state index in [0.29, 0.717) is 21.4 Å². The lowest BCUT2D eigenvalue weighted by atomic mass is 10.2. The number of amidine groups is 1. The standard InChI is InChI=1S/C19H17N3O3S/c1-20-19-22(21-12-13-6-4-3-5-7-13)18(24)17(26-19)11-14-8-9-16(25-2)15(23)10-14/h3-12,23H,1-2H3. The summed E-state index contributed by atoms with van der Waals surface area (Å²) in [7, 11) is 3.10. The molecule has 0 radical (unpaired) electrons. The zero-order chi connectivity index (χ0) is 18.5. The number of carbonyl (C=O) groups is 1. The number of rotatable bonds is 4. The molecule has 6 nitrogen and oxygen atoms in total. The topological polar surface area (TPSA) is 74.5 Å². The molecular weight excluding hydrogens is 350 g/mol. The third-order valence-corrected chi connectivity index (χ3v) is 4.65. The van der Waals surface area contributed by atoms with Crippen molar-refractivity contribution in [3.8, 4) is 11.5 Å². The van der Waals surface area contributed by atoms with Crippen LogP contribution in [0.4, 0.5) is 0 Å². The van der Waals surface area contributed by atoms with Gasteiger partial charge in [-0.3, -0.25) is 9.79 Å². The van der Waals surface area contributed by atoms with Gasteiger partial charge in [0.2, 0.25) is 0 Å². The smallest absolute Gasteiger partial charge is 0.287 e. The van der Waals surface area contributed by atoms with Gasteiger partial charge in [-0.15, -0.1) is 0 Å². The minimum atomic E-state index is -0.266. The van der Waals surface area contributed by atoms with Crippen LogP contribution in [-0.4, -0.2) is 41.6 Å². The number of aromatic hydroxyl groups is 1. The Morgan fingerprint density at radius 3 is 2.58 bits per heavy atom. The first-order chi connectivity index (χ1) is 12.6. The first-order valence-corrected chi connectivity index (χ1v) is 8.61. The molecule has 1 aliphatic rings. The number of aliphatic imine (C=N–C) groups is 1. The highest BCUT2D eigenvalue weighted by Gasteiger charge is 2.33. The molecule has 1 amide bonds. The van der Waals surface area contributed by atoms with Crippen LogP contribution in [0.5, 0.6) is 11.5 Å². The summed E-state index contributed by atoms with van der Waals surface area (Å²) in [5.74, 6) is 0.126. The maximum atomic E-state index is 12.7. The zero-order valence-corrected chi connectivity index (χ0v) is 15.1. The van der Waals surface area contributed by atoms with Crippen LogP contribution in [0.25, 0.3) is 6.08 Å². The van der Waals surface area contributed by atoms with Crippen LogP contribution >= 0.6 is 11.8 Å². The zero-order valence-electron chi connectivity index (χ0n) is 14.3. The number of phenolic OH excluding ortho intramolecular Hbond substituents is 1. The summed E-state index contributed by atoms with van der Waals surface area (Å²) in [4.78, 5) is 17.3. The van der Waals surface area contributed by atoms with E-state index in [2.05, 4.69) is 10.1 Å². The van der Waals surface area contributed by atoms with Gasteiger partial charge in [-0.1, -0.05) is 36.4 Å². The second-order valence-corrected chi connectivity index (χ2v) is 6.33. The van der Waals surface area contributed by atoms with Gasteiger partial charge in [0.25, 0.3) is 5.91 Å². The molecule has 3 rings (SSSR count). The predicted octanol–water partition coefficient (Wildman–Crippen LogP) is 3.34. The molecule has 132 valence electrons. The number of phenols is 1. The summed E-state index contributed by atoms with van der Waals surface area (Å²) in [5, 5.41) is 15.9. The summed E-state index contributed by atoms with van der Waals surface area (Å²) in [6, 6.07) is 14.5. The number of carbonyl (C=O) groups excluding carboxylic acids is 1. The lowest BCUT2D eigenvalue weighted by molar-refractivity contribution is -0.122. The Morgan fingerprint density at radius 1 is 1.15 bits per heavy atom. The molecule has 0 saturated carbocycles. The Morgan fingerprint density at radius 2 is 1.92 bits per heavy atom. The fourth-order valence-electron chi connectivity index (χ4n) is 2.32. The quantitative estimate of drug-likeness (QED) is 0.664. The minimum Gasteiger partial charge on any atom is -0.504 e. The van der Waals surface area contributed by atoms with E-state index in [0.717, 1.165) is 5.56 Å². The third-order valence-electron chi connectivity index (χ3n) is 3.60. The molecular formula is C19H17N3O3S. The molecule has 2 aromatic rings. The second-order valence-electron chi connectivity index (χ2n) is 5.32. The van der Waals surface area contributed by atoms with E-state index in [1.807, 2.05) is 30.3 Å². The summed E-state index contributed by atoms with van der Waals surface area (Å²) >= 11 is 1.23. The van der Waals surface area contributed by atoms with Gasteiger partial charge in [-0.05, 0) is 41.1 Å². The Bertz CT molecular complexity index is 908. The fraction of sp³-hybridized carbons (Fsp3) is 0.105. The Labute approximate surface area is 155 Å². The van der Waals surface area contributed by atoms with Crippen LogP contribution in [0.3, 0.4) is 0 Å². The van der Waals surface area contributed by atoms with Crippen molar-refractivity contribution in [2.24, 2.45) is 10.1 Å². The van der Waals surface area contributed by atoms with Crippen molar-refractivity contribution in [1.82, 2.24) is 5.01 Å². The van der Waals surface area contributed by atoms with E-state index in [1.54, 1.807) is 37.5 Å². The van der Waals surface area contributed by atoms with Crippen LogP contribution in [-0.2, 0) is 4.79 Å². The number of hydrazone groups is 1. The predicted molar refractivity (Wildman–Crippen MR) is 104 cm³/mol. The third kappa shape index (κ3) is 3.78. The molecule has 7 heteroatoms. The summed E-state index contributed by atoms with van der Waals surface area (Å²) in [6.45, 7) is 0. The summed E-state index contributed by atoms with van der Waals surface area (Å²) < 4.78 is 5.03. The van der Waals surface area contributed by atoms with E-state index in [-0.39, 0.29) is 11.7 Å². The minimum absolute atomic E-state index is 0.0145. The number of benzene rings is 2. The van der Waals surface area contributed by atoms with Gasteiger partial charge < -0.3 is 9.84 Å². The molecule has 1 heterocycles. The molecule has 0 aliphatic carbocycles. The molecule has 0 atom stereocenters. The highest BCUT2D eigenvalue weighted by molar-refractivity contribution is 8.18. The fourth-order valence-corrected chi connectivity index (χ4v) is 3.19. The van der Waals surface area contributed by atoms with E-state index in [1.165, 1.54) is 23.9 Å². The van der Waals surface area contributed by atoms with Crippen LogP contribution in [0, 0.1) is 0 Å². The molecule has 1 saturated heterocycles. The number of ether oxygens (including phenoxy) is 1. The van der Waals surface area contributed by atoms with Gasteiger partial charge in [0.1, 0.15) is 0 Å². The molecule has 0 aromatic heterocycles. The number of hydrogen-bond donors (Lipinski definition) is 1. The Balaban J connectivity index is 1.86. The van der Waals surface area contributed by atoms with Gasteiger partial charge in [0.05, 0.1) is 18.2 Å². The first kappa shape index (κ1) is 17.8. The van der Waals surface area contributed by atoms with Gasteiger partial charge in [0.15, 0.2) is 16.7 Å².